The quantitative estimate of drug-likeness (QED) is 0.805. The summed E-state index contributed by atoms with van der Waals surface area (Å²) in [7, 11) is 0. The van der Waals surface area contributed by atoms with Crippen LogP contribution in [0.1, 0.15) is 50.5 Å². The summed E-state index contributed by atoms with van der Waals surface area (Å²) < 4.78 is 5.97. The van der Waals surface area contributed by atoms with Crippen LogP contribution in [-0.4, -0.2) is 6.54 Å². The molecular weight excluding hydrogens is 222 g/mol. The largest absolute Gasteiger partial charge is 0.459 e. The van der Waals surface area contributed by atoms with E-state index >= 15 is 0 Å². The number of fused-ring (bicyclic) bond motifs is 1. The molecule has 0 aliphatic heterocycles. The smallest absolute Gasteiger partial charge is 0.134 e. The third-order valence-electron chi connectivity index (χ3n) is 3.25. The molecule has 0 radical (unpaired) electrons. The van der Waals surface area contributed by atoms with Gasteiger partial charge >= 0.3 is 0 Å². The highest BCUT2D eigenvalue weighted by molar-refractivity contribution is 5.78. The van der Waals surface area contributed by atoms with E-state index in [1.165, 1.54) is 10.9 Å². The summed E-state index contributed by atoms with van der Waals surface area (Å²) in [6, 6.07) is 8.89. The van der Waals surface area contributed by atoms with Gasteiger partial charge in [0.25, 0.3) is 0 Å². The van der Waals surface area contributed by atoms with Crippen LogP contribution in [-0.2, 0) is 0 Å². The lowest BCUT2D eigenvalue weighted by Crippen LogP contribution is -2.21. The molecule has 0 aliphatic rings. The van der Waals surface area contributed by atoms with Crippen LogP contribution >= 0.6 is 0 Å². The van der Waals surface area contributed by atoms with Crippen molar-refractivity contribution < 1.29 is 4.42 Å². The van der Waals surface area contributed by atoms with E-state index in [1.54, 1.807) is 0 Å². The summed E-state index contributed by atoms with van der Waals surface area (Å²) in [5.74, 6) is 1.07. The average Bonchev–Trinajstić information content (AvgIpc) is 2.77. The Morgan fingerprint density at radius 1 is 1.17 bits per heavy atom. The van der Waals surface area contributed by atoms with Crippen LogP contribution in [0.5, 0.6) is 0 Å². The van der Waals surface area contributed by atoms with Crippen molar-refractivity contribution in [2.45, 2.75) is 46.1 Å². The molecule has 0 spiro atoms. The van der Waals surface area contributed by atoms with E-state index in [0.717, 1.165) is 37.2 Å². The first kappa shape index (κ1) is 13.2. The van der Waals surface area contributed by atoms with E-state index < -0.39 is 0 Å². The number of aryl methyl sites for hydroxylation is 1. The van der Waals surface area contributed by atoms with Gasteiger partial charge in [0.2, 0.25) is 0 Å². The highest BCUT2D eigenvalue weighted by atomic mass is 16.3. The predicted octanol–water partition coefficient (Wildman–Crippen LogP) is 4.58. The molecule has 0 fully saturated rings. The third kappa shape index (κ3) is 2.94. The third-order valence-corrected chi connectivity index (χ3v) is 3.25. The molecular formula is C16H23NO. The number of hydrogen-bond acceptors (Lipinski definition) is 2. The highest BCUT2D eigenvalue weighted by Gasteiger charge is 2.14. The van der Waals surface area contributed by atoms with Gasteiger partial charge in [-0.2, -0.15) is 0 Å². The van der Waals surface area contributed by atoms with Gasteiger partial charge in [-0.1, -0.05) is 31.9 Å². The number of hydrogen-bond donors (Lipinski definition) is 1. The molecule has 1 atom stereocenters. The van der Waals surface area contributed by atoms with E-state index in [4.69, 9.17) is 4.42 Å². The monoisotopic (exact) mass is 245 g/mol. The molecule has 1 unspecified atom stereocenters. The van der Waals surface area contributed by atoms with Crippen LogP contribution in [0.2, 0.25) is 0 Å². The maximum atomic E-state index is 5.97. The van der Waals surface area contributed by atoms with Crippen molar-refractivity contribution in [3.05, 3.63) is 35.6 Å². The zero-order valence-electron chi connectivity index (χ0n) is 11.6. The molecule has 0 saturated carbocycles. The molecule has 0 saturated heterocycles. The van der Waals surface area contributed by atoms with Gasteiger partial charge < -0.3 is 9.73 Å². The molecule has 18 heavy (non-hydrogen) atoms. The summed E-state index contributed by atoms with van der Waals surface area (Å²) in [4.78, 5) is 0. The summed E-state index contributed by atoms with van der Waals surface area (Å²) in [6.45, 7) is 7.57. The number of benzene rings is 1. The minimum absolute atomic E-state index is 0.350. The number of nitrogens with one attached hydrogen (secondary N) is 1. The lowest BCUT2D eigenvalue weighted by atomic mass is 10.1. The van der Waals surface area contributed by atoms with Crippen molar-refractivity contribution in [3.63, 3.8) is 0 Å². The van der Waals surface area contributed by atoms with Gasteiger partial charge in [-0.3, -0.25) is 0 Å². The Bertz CT molecular complexity index is 501. The average molecular weight is 245 g/mol. The summed E-state index contributed by atoms with van der Waals surface area (Å²) in [5, 5.41) is 4.78. The van der Waals surface area contributed by atoms with E-state index in [2.05, 4.69) is 50.4 Å². The fourth-order valence-corrected chi connectivity index (χ4v) is 2.31. The van der Waals surface area contributed by atoms with Gasteiger partial charge in [-0.05, 0) is 44.5 Å². The van der Waals surface area contributed by atoms with Crippen molar-refractivity contribution >= 4 is 11.0 Å². The van der Waals surface area contributed by atoms with Crippen LogP contribution in [0.15, 0.2) is 28.7 Å². The second-order valence-electron chi connectivity index (χ2n) is 4.99. The molecule has 1 aromatic heterocycles. The molecule has 98 valence electrons. The molecule has 1 heterocycles. The van der Waals surface area contributed by atoms with Crippen LogP contribution in [0.4, 0.5) is 0 Å². The van der Waals surface area contributed by atoms with Crippen LogP contribution in [0, 0.1) is 6.92 Å². The first-order valence-corrected chi connectivity index (χ1v) is 6.98. The Balaban J connectivity index is 2.26. The zero-order valence-corrected chi connectivity index (χ0v) is 11.6. The second-order valence-corrected chi connectivity index (χ2v) is 4.99. The van der Waals surface area contributed by atoms with Crippen LogP contribution in [0.25, 0.3) is 11.0 Å². The normalized spacial score (nSPS) is 13.1. The maximum absolute atomic E-state index is 5.97. The van der Waals surface area contributed by atoms with Gasteiger partial charge in [0.05, 0.1) is 6.04 Å². The first-order chi connectivity index (χ1) is 8.74. The minimum Gasteiger partial charge on any atom is -0.459 e. The summed E-state index contributed by atoms with van der Waals surface area (Å²) in [6.07, 6.45) is 3.44. The number of furan rings is 1. The number of rotatable bonds is 6. The highest BCUT2D eigenvalue weighted by Crippen LogP contribution is 2.27. The first-order valence-electron chi connectivity index (χ1n) is 6.98. The molecule has 2 heteroatoms. The standard InChI is InChI=1S/C16H23NO/c1-4-6-14(17-9-5-2)16-11-13-10-12(3)7-8-15(13)18-16/h7-8,10-11,14,17H,4-6,9H2,1-3H3. The van der Waals surface area contributed by atoms with Crippen molar-refractivity contribution in [1.82, 2.24) is 5.32 Å². The van der Waals surface area contributed by atoms with E-state index in [-0.39, 0.29) is 0 Å². The summed E-state index contributed by atoms with van der Waals surface area (Å²) in [5.41, 5.74) is 2.28. The van der Waals surface area contributed by atoms with Crippen molar-refractivity contribution in [1.29, 1.82) is 0 Å². The van der Waals surface area contributed by atoms with Crippen LogP contribution < -0.4 is 5.32 Å². The fraction of sp³-hybridized carbons (Fsp3) is 0.500. The molecule has 0 aliphatic carbocycles. The predicted molar refractivity (Wildman–Crippen MR) is 76.9 cm³/mol. The van der Waals surface area contributed by atoms with Crippen LogP contribution in [0.3, 0.4) is 0 Å². The lowest BCUT2D eigenvalue weighted by molar-refractivity contribution is 0.408. The second kappa shape index (κ2) is 6.05. The van der Waals surface area contributed by atoms with Gasteiger partial charge in [0.1, 0.15) is 11.3 Å². The van der Waals surface area contributed by atoms with Gasteiger partial charge in [-0.25, -0.2) is 0 Å². The summed E-state index contributed by atoms with van der Waals surface area (Å²) >= 11 is 0. The lowest BCUT2D eigenvalue weighted by Gasteiger charge is -2.14. The maximum Gasteiger partial charge on any atom is 0.134 e. The molecule has 1 N–H and O–H groups in total. The van der Waals surface area contributed by atoms with E-state index in [0.29, 0.717) is 6.04 Å². The Morgan fingerprint density at radius 2 is 2.00 bits per heavy atom. The Hall–Kier alpha value is -1.28. The van der Waals surface area contributed by atoms with E-state index in [1.807, 2.05) is 0 Å². The minimum atomic E-state index is 0.350. The topological polar surface area (TPSA) is 25.2 Å². The SMILES string of the molecule is CCCNC(CCC)c1cc2cc(C)ccc2o1. The molecule has 2 nitrogen and oxygen atoms in total. The van der Waals surface area contributed by atoms with Gasteiger partial charge in [0.15, 0.2) is 0 Å². The molecule has 2 aromatic rings. The molecule has 2 rings (SSSR count). The Kier molecular flexibility index (Phi) is 4.43. The molecule has 0 bridgehead atoms. The molecule has 0 amide bonds. The zero-order chi connectivity index (χ0) is 13.0. The van der Waals surface area contributed by atoms with Gasteiger partial charge in [0, 0.05) is 5.39 Å². The van der Waals surface area contributed by atoms with Crippen molar-refractivity contribution in [2.75, 3.05) is 6.54 Å². The Labute approximate surface area is 109 Å². The Morgan fingerprint density at radius 3 is 2.72 bits per heavy atom. The molecule has 1 aromatic carbocycles. The fourth-order valence-electron chi connectivity index (χ4n) is 2.31. The van der Waals surface area contributed by atoms with Gasteiger partial charge in [-0.15, -0.1) is 0 Å². The van der Waals surface area contributed by atoms with Crippen molar-refractivity contribution in [3.8, 4) is 0 Å². The van der Waals surface area contributed by atoms with E-state index in [9.17, 15) is 0 Å². The van der Waals surface area contributed by atoms with Crippen molar-refractivity contribution in [2.24, 2.45) is 0 Å².